The first kappa shape index (κ1) is 9.92. The Hall–Kier alpha value is -1.16. The van der Waals surface area contributed by atoms with Crippen LogP contribution in [0.2, 0.25) is 0 Å². The molecule has 1 aromatic carbocycles. The molecular weight excluding hydrogens is 188 g/mol. The second-order valence-electron chi connectivity index (χ2n) is 2.33. The number of ether oxygens (including phenoxy) is 1. The van der Waals surface area contributed by atoms with Crippen molar-refractivity contribution in [3.05, 3.63) is 24.3 Å². The molecule has 0 aliphatic heterocycles. The number of thioether (sulfide) groups is 1. The molecule has 0 saturated heterocycles. The number of carboxylic acid groups (broad SMARTS) is 1. The van der Waals surface area contributed by atoms with Crippen LogP contribution in [0.3, 0.4) is 0 Å². The normalized spacial score (nSPS) is 9.62. The van der Waals surface area contributed by atoms with Gasteiger partial charge in [-0.1, -0.05) is 12.1 Å². The SMILES string of the molecule is COc1ccccc1SCC(=O)O. The predicted octanol–water partition coefficient (Wildman–Crippen LogP) is 1.87. The fourth-order valence-electron chi connectivity index (χ4n) is 0.878. The third-order valence-electron chi connectivity index (χ3n) is 1.42. The van der Waals surface area contributed by atoms with Crippen molar-refractivity contribution in [1.82, 2.24) is 0 Å². The van der Waals surface area contributed by atoms with E-state index in [0.29, 0.717) is 5.75 Å². The summed E-state index contributed by atoms with van der Waals surface area (Å²) in [5.41, 5.74) is 0. The summed E-state index contributed by atoms with van der Waals surface area (Å²) in [4.78, 5) is 11.2. The highest BCUT2D eigenvalue weighted by Crippen LogP contribution is 2.28. The lowest BCUT2D eigenvalue weighted by atomic mass is 10.3. The molecule has 0 saturated carbocycles. The van der Waals surface area contributed by atoms with Crippen LogP contribution < -0.4 is 4.74 Å². The summed E-state index contributed by atoms with van der Waals surface area (Å²) in [5, 5.41) is 8.48. The van der Waals surface area contributed by atoms with Crippen LogP contribution in [0.5, 0.6) is 5.75 Å². The monoisotopic (exact) mass is 198 g/mol. The van der Waals surface area contributed by atoms with Gasteiger partial charge < -0.3 is 9.84 Å². The lowest BCUT2D eigenvalue weighted by molar-refractivity contribution is -0.133. The molecule has 0 bridgehead atoms. The summed E-state index contributed by atoms with van der Waals surface area (Å²) in [5.74, 6) is -0.0509. The van der Waals surface area contributed by atoms with Gasteiger partial charge in [0, 0.05) is 4.90 Å². The zero-order chi connectivity index (χ0) is 9.68. The Morgan fingerprint density at radius 3 is 2.85 bits per heavy atom. The molecule has 1 aromatic rings. The topological polar surface area (TPSA) is 46.5 Å². The number of benzene rings is 1. The van der Waals surface area contributed by atoms with Crippen LogP contribution in [0.1, 0.15) is 0 Å². The van der Waals surface area contributed by atoms with Crippen molar-refractivity contribution in [3.8, 4) is 5.75 Å². The summed E-state index contributed by atoms with van der Waals surface area (Å²) in [6.07, 6.45) is 0. The molecule has 1 N–H and O–H groups in total. The van der Waals surface area contributed by atoms with E-state index in [1.165, 1.54) is 11.8 Å². The molecule has 1 rings (SSSR count). The average molecular weight is 198 g/mol. The Morgan fingerprint density at radius 2 is 2.23 bits per heavy atom. The number of hydrogen-bond donors (Lipinski definition) is 1. The molecule has 0 aliphatic carbocycles. The van der Waals surface area contributed by atoms with E-state index in [2.05, 4.69) is 0 Å². The van der Waals surface area contributed by atoms with Gasteiger partial charge in [-0.05, 0) is 12.1 Å². The zero-order valence-corrected chi connectivity index (χ0v) is 8.00. The molecular formula is C9H10O3S. The van der Waals surface area contributed by atoms with Crippen LogP contribution in [-0.2, 0) is 4.79 Å². The maximum absolute atomic E-state index is 10.3. The van der Waals surface area contributed by atoms with Gasteiger partial charge in [-0.2, -0.15) is 0 Å². The molecule has 0 unspecified atom stereocenters. The van der Waals surface area contributed by atoms with Crippen molar-refractivity contribution < 1.29 is 14.6 Å². The van der Waals surface area contributed by atoms with Gasteiger partial charge in [-0.15, -0.1) is 11.8 Å². The number of rotatable bonds is 4. The van der Waals surface area contributed by atoms with Crippen LogP contribution in [0.4, 0.5) is 0 Å². The summed E-state index contributed by atoms with van der Waals surface area (Å²) < 4.78 is 5.06. The summed E-state index contributed by atoms with van der Waals surface area (Å²) in [6.45, 7) is 0. The Labute approximate surface area is 80.7 Å². The number of para-hydroxylation sites is 1. The second kappa shape index (κ2) is 4.77. The number of carbonyl (C=O) groups is 1. The molecule has 0 aliphatic rings. The van der Waals surface area contributed by atoms with Crippen molar-refractivity contribution in [2.24, 2.45) is 0 Å². The molecule has 70 valence electrons. The lowest BCUT2D eigenvalue weighted by Crippen LogP contribution is -1.98. The Morgan fingerprint density at radius 1 is 1.54 bits per heavy atom. The van der Waals surface area contributed by atoms with E-state index in [-0.39, 0.29) is 5.75 Å². The Kier molecular flexibility index (Phi) is 3.64. The first-order valence-electron chi connectivity index (χ1n) is 3.71. The minimum Gasteiger partial charge on any atom is -0.496 e. The van der Waals surface area contributed by atoms with E-state index in [0.717, 1.165) is 4.90 Å². The smallest absolute Gasteiger partial charge is 0.313 e. The van der Waals surface area contributed by atoms with Crippen LogP contribution in [0.25, 0.3) is 0 Å². The van der Waals surface area contributed by atoms with E-state index in [4.69, 9.17) is 9.84 Å². The summed E-state index contributed by atoms with van der Waals surface area (Å²) in [7, 11) is 1.57. The van der Waals surface area contributed by atoms with E-state index >= 15 is 0 Å². The van der Waals surface area contributed by atoms with E-state index < -0.39 is 5.97 Å². The van der Waals surface area contributed by atoms with Gasteiger partial charge >= 0.3 is 5.97 Å². The fourth-order valence-corrected chi connectivity index (χ4v) is 1.62. The van der Waals surface area contributed by atoms with Gasteiger partial charge in [0.1, 0.15) is 5.75 Å². The number of carboxylic acids is 1. The van der Waals surface area contributed by atoms with Crippen molar-refractivity contribution in [1.29, 1.82) is 0 Å². The standard InChI is InChI=1S/C9H10O3S/c1-12-7-4-2-3-5-8(7)13-6-9(10)11/h2-5H,6H2,1H3,(H,10,11). The third-order valence-corrected chi connectivity index (χ3v) is 2.46. The minimum absolute atomic E-state index is 0.0559. The quantitative estimate of drug-likeness (QED) is 0.750. The summed E-state index contributed by atoms with van der Waals surface area (Å²) >= 11 is 1.26. The highest BCUT2D eigenvalue weighted by atomic mass is 32.2. The molecule has 0 fully saturated rings. The van der Waals surface area contributed by atoms with Gasteiger partial charge in [0.25, 0.3) is 0 Å². The van der Waals surface area contributed by atoms with Crippen LogP contribution >= 0.6 is 11.8 Å². The van der Waals surface area contributed by atoms with Crippen molar-refractivity contribution in [3.63, 3.8) is 0 Å². The van der Waals surface area contributed by atoms with Gasteiger partial charge in [-0.3, -0.25) is 4.79 Å². The highest BCUT2D eigenvalue weighted by Gasteiger charge is 2.04. The molecule has 0 radical (unpaired) electrons. The maximum Gasteiger partial charge on any atom is 0.313 e. The third kappa shape index (κ3) is 2.99. The van der Waals surface area contributed by atoms with E-state index in [1.807, 2.05) is 24.3 Å². The fraction of sp³-hybridized carbons (Fsp3) is 0.222. The predicted molar refractivity (Wildman–Crippen MR) is 51.4 cm³/mol. The molecule has 13 heavy (non-hydrogen) atoms. The first-order chi connectivity index (χ1) is 6.24. The number of hydrogen-bond acceptors (Lipinski definition) is 3. The average Bonchev–Trinajstić information content (AvgIpc) is 2.15. The molecule has 3 nitrogen and oxygen atoms in total. The summed E-state index contributed by atoms with van der Waals surface area (Å²) in [6, 6.07) is 7.35. The second-order valence-corrected chi connectivity index (χ2v) is 3.35. The van der Waals surface area contributed by atoms with Gasteiger partial charge in [-0.25, -0.2) is 0 Å². The highest BCUT2D eigenvalue weighted by molar-refractivity contribution is 8.00. The van der Waals surface area contributed by atoms with Crippen molar-refractivity contribution in [2.75, 3.05) is 12.9 Å². The molecule has 0 spiro atoms. The minimum atomic E-state index is -0.823. The van der Waals surface area contributed by atoms with Gasteiger partial charge in [0.05, 0.1) is 12.9 Å². The molecule has 0 heterocycles. The molecule has 0 atom stereocenters. The van der Waals surface area contributed by atoms with Crippen molar-refractivity contribution in [2.45, 2.75) is 4.90 Å². The van der Waals surface area contributed by atoms with E-state index in [1.54, 1.807) is 7.11 Å². The molecule has 0 amide bonds. The molecule has 4 heteroatoms. The lowest BCUT2D eigenvalue weighted by Gasteiger charge is -2.05. The number of aliphatic carboxylic acids is 1. The van der Waals surface area contributed by atoms with Crippen LogP contribution in [0.15, 0.2) is 29.2 Å². The van der Waals surface area contributed by atoms with Gasteiger partial charge in [0.2, 0.25) is 0 Å². The number of methoxy groups -OCH3 is 1. The largest absolute Gasteiger partial charge is 0.496 e. The zero-order valence-electron chi connectivity index (χ0n) is 7.19. The molecule has 0 aromatic heterocycles. The van der Waals surface area contributed by atoms with Crippen LogP contribution in [-0.4, -0.2) is 23.9 Å². The van der Waals surface area contributed by atoms with Crippen LogP contribution in [0, 0.1) is 0 Å². The Bertz CT molecular complexity index is 299. The maximum atomic E-state index is 10.3. The first-order valence-corrected chi connectivity index (χ1v) is 4.70. The Balaban J connectivity index is 2.69. The van der Waals surface area contributed by atoms with Gasteiger partial charge in [0.15, 0.2) is 0 Å². The van der Waals surface area contributed by atoms with Crippen molar-refractivity contribution >= 4 is 17.7 Å². The van der Waals surface area contributed by atoms with E-state index in [9.17, 15) is 4.79 Å².